The van der Waals surface area contributed by atoms with Crippen LogP contribution in [0, 0.1) is 10.1 Å². The molecule has 0 amide bonds. The molecule has 0 fully saturated rings. The Hall–Kier alpha value is -3.13. The highest BCUT2D eigenvalue weighted by molar-refractivity contribution is 5.97. The Balaban J connectivity index is 2.07. The smallest absolute Gasteiger partial charge is 0.336 e. The van der Waals surface area contributed by atoms with Crippen molar-refractivity contribution in [1.82, 2.24) is 9.13 Å². The van der Waals surface area contributed by atoms with E-state index in [4.69, 9.17) is 0 Å². The summed E-state index contributed by atoms with van der Waals surface area (Å²) in [5.41, 5.74) is -0.0260. The highest BCUT2D eigenvalue weighted by Crippen LogP contribution is 2.36. The van der Waals surface area contributed by atoms with E-state index in [1.165, 1.54) is 16.7 Å². The molecule has 0 saturated heterocycles. The molecule has 0 aliphatic carbocycles. The van der Waals surface area contributed by atoms with Crippen LogP contribution in [-0.2, 0) is 6.54 Å². The van der Waals surface area contributed by atoms with Crippen molar-refractivity contribution in [2.75, 3.05) is 0 Å². The van der Waals surface area contributed by atoms with Gasteiger partial charge < -0.3 is 10.2 Å². The van der Waals surface area contributed by atoms with Crippen LogP contribution in [0.3, 0.4) is 0 Å². The van der Waals surface area contributed by atoms with Gasteiger partial charge in [-0.2, -0.15) is 0 Å². The third kappa shape index (κ3) is 1.80. The number of nitro benzene ring substituents is 1. The first-order valence-electron chi connectivity index (χ1n) is 7.39. The SMILES string of the molecule is O=c1n2c(c(O)n1-c1ccc([N+](=O)[O-])c3ccccc13)[C@@H](O)CC2. The Morgan fingerprint density at radius 3 is 2.54 bits per heavy atom. The molecule has 2 N–H and O–H groups in total. The number of nitro groups is 1. The van der Waals surface area contributed by atoms with Gasteiger partial charge in [-0.25, -0.2) is 9.36 Å². The second-order valence-corrected chi connectivity index (χ2v) is 5.69. The molecule has 3 aromatic rings. The molecule has 2 heterocycles. The van der Waals surface area contributed by atoms with E-state index in [1.807, 2.05) is 0 Å². The van der Waals surface area contributed by atoms with Crippen molar-refractivity contribution in [1.29, 1.82) is 0 Å². The summed E-state index contributed by atoms with van der Waals surface area (Å²) in [7, 11) is 0. The Kier molecular flexibility index (Phi) is 2.97. The lowest BCUT2D eigenvalue weighted by Crippen LogP contribution is -2.22. The van der Waals surface area contributed by atoms with Crippen LogP contribution < -0.4 is 5.69 Å². The van der Waals surface area contributed by atoms with Gasteiger partial charge in [0.05, 0.1) is 16.0 Å². The van der Waals surface area contributed by atoms with Gasteiger partial charge in [-0.15, -0.1) is 0 Å². The molecule has 1 atom stereocenters. The van der Waals surface area contributed by atoms with Crippen molar-refractivity contribution in [3.05, 3.63) is 62.7 Å². The van der Waals surface area contributed by atoms with Crippen molar-refractivity contribution in [2.24, 2.45) is 0 Å². The predicted octanol–water partition coefficient (Wildman–Crippen LogP) is 1.84. The van der Waals surface area contributed by atoms with Gasteiger partial charge in [0.15, 0.2) is 0 Å². The monoisotopic (exact) mass is 327 g/mol. The maximum Gasteiger partial charge on any atom is 0.336 e. The molecule has 8 heteroatoms. The van der Waals surface area contributed by atoms with Gasteiger partial charge in [0.2, 0.25) is 5.88 Å². The molecule has 0 radical (unpaired) electrons. The minimum absolute atomic E-state index is 0.0753. The Morgan fingerprint density at radius 2 is 1.88 bits per heavy atom. The van der Waals surface area contributed by atoms with Crippen LogP contribution >= 0.6 is 0 Å². The molecule has 8 nitrogen and oxygen atoms in total. The maximum absolute atomic E-state index is 12.6. The van der Waals surface area contributed by atoms with Crippen molar-refractivity contribution in [3.63, 3.8) is 0 Å². The number of imidazole rings is 1. The zero-order valence-electron chi connectivity index (χ0n) is 12.4. The summed E-state index contributed by atoms with van der Waals surface area (Å²) in [4.78, 5) is 23.3. The number of non-ortho nitro benzene ring substituents is 1. The lowest BCUT2D eigenvalue weighted by atomic mass is 10.1. The highest BCUT2D eigenvalue weighted by atomic mass is 16.6. The second kappa shape index (κ2) is 4.93. The number of aliphatic hydroxyl groups is 1. The van der Waals surface area contributed by atoms with Gasteiger partial charge in [-0.1, -0.05) is 18.2 Å². The van der Waals surface area contributed by atoms with Crippen LogP contribution in [0.25, 0.3) is 16.5 Å². The summed E-state index contributed by atoms with van der Waals surface area (Å²) in [5, 5.41) is 32.4. The number of hydrogen-bond donors (Lipinski definition) is 2. The topological polar surface area (TPSA) is 111 Å². The van der Waals surface area contributed by atoms with Crippen LogP contribution in [0.5, 0.6) is 5.88 Å². The molecule has 2 aromatic carbocycles. The zero-order chi connectivity index (χ0) is 17.0. The second-order valence-electron chi connectivity index (χ2n) is 5.69. The first-order chi connectivity index (χ1) is 11.5. The van der Waals surface area contributed by atoms with E-state index in [0.29, 0.717) is 29.4 Å². The van der Waals surface area contributed by atoms with Crippen LogP contribution in [0.1, 0.15) is 18.2 Å². The maximum atomic E-state index is 12.6. The summed E-state index contributed by atoms with van der Waals surface area (Å²) < 4.78 is 2.42. The fourth-order valence-electron chi connectivity index (χ4n) is 3.32. The van der Waals surface area contributed by atoms with Gasteiger partial charge >= 0.3 is 5.69 Å². The fourth-order valence-corrected chi connectivity index (χ4v) is 3.32. The Labute approximate surface area is 135 Å². The average Bonchev–Trinajstić information content (AvgIpc) is 3.06. The molecule has 1 aliphatic heterocycles. The third-order valence-corrected chi connectivity index (χ3v) is 4.41. The van der Waals surface area contributed by atoms with E-state index in [0.717, 1.165) is 4.57 Å². The van der Waals surface area contributed by atoms with Gasteiger partial charge in [-0.05, 0) is 18.6 Å². The zero-order valence-corrected chi connectivity index (χ0v) is 12.4. The largest absolute Gasteiger partial charge is 0.493 e. The molecule has 1 aliphatic rings. The van der Waals surface area contributed by atoms with E-state index < -0.39 is 16.7 Å². The summed E-state index contributed by atoms with van der Waals surface area (Å²) in [5.74, 6) is -0.330. The van der Waals surface area contributed by atoms with E-state index in [-0.39, 0.29) is 17.3 Å². The number of aliphatic hydroxyl groups excluding tert-OH is 1. The normalized spacial score (nSPS) is 16.5. The van der Waals surface area contributed by atoms with Gasteiger partial charge in [-0.3, -0.25) is 14.7 Å². The van der Waals surface area contributed by atoms with Crippen molar-refractivity contribution >= 4 is 16.5 Å². The lowest BCUT2D eigenvalue weighted by molar-refractivity contribution is -0.383. The average molecular weight is 327 g/mol. The molecule has 0 unspecified atom stereocenters. The Morgan fingerprint density at radius 1 is 1.17 bits per heavy atom. The number of fused-ring (bicyclic) bond motifs is 2. The molecule has 122 valence electrons. The van der Waals surface area contributed by atoms with Crippen molar-refractivity contribution < 1.29 is 15.1 Å². The van der Waals surface area contributed by atoms with E-state index in [2.05, 4.69) is 0 Å². The molecular formula is C16H13N3O5. The Bertz CT molecular complexity index is 1050. The van der Waals surface area contributed by atoms with Gasteiger partial charge in [0.25, 0.3) is 5.69 Å². The first kappa shape index (κ1) is 14.5. The molecule has 0 bridgehead atoms. The first-order valence-corrected chi connectivity index (χ1v) is 7.39. The van der Waals surface area contributed by atoms with Crippen LogP contribution in [0.15, 0.2) is 41.2 Å². The fraction of sp³-hybridized carbons (Fsp3) is 0.188. The van der Waals surface area contributed by atoms with E-state index in [1.54, 1.807) is 24.3 Å². The molecule has 24 heavy (non-hydrogen) atoms. The summed E-state index contributed by atoms with van der Waals surface area (Å²) in [6.07, 6.45) is -0.525. The molecular weight excluding hydrogens is 314 g/mol. The van der Waals surface area contributed by atoms with Gasteiger partial charge in [0, 0.05) is 18.0 Å². The standard InChI is InChI=1S/C16H13N3O5/c20-13-7-8-17-14(13)15(21)18(16(17)22)11-5-6-12(19(23)24)10-4-2-1-3-9(10)11/h1-6,13,20-21H,7-8H2/t13-/m0/s1. The van der Waals surface area contributed by atoms with E-state index >= 15 is 0 Å². The summed E-state index contributed by atoms with van der Waals surface area (Å²) >= 11 is 0. The highest BCUT2D eigenvalue weighted by Gasteiger charge is 2.31. The van der Waals surface area contributed by atoms with Crippen LogP contribution in [0.2, 0.25) is 0 Å². The van der Waals surface area contributed by atoms with E-state index in [9.17, 15) is 25.1 Å². The number of benzene rings is 2. The molecule has 1 aromatic heterocycles. The summed E-state index contributed by atoms with van der Waals surface area (Å²) in [6, 6.07) is 9.37. The lowest BCUT2D eigenvalue weighted by Gasteiger charge is -2.09. The number of aromatic nitrogens is 2. The van der Waals surface area contributed by atoms with Crippen molar-refractivity contribution in [3.8, 4) is 11.6 Å². The molecule has 4 rings (SSSR count). The van der Waals surface area contributed by atoms with Crippen LogP contribution in [0.4, 0.5) is 5.69 Å². The molecule has 0 spiro atoms. The van der Waals surface area contributed by atoms with Gasteiger partial charge in [0.1, 0.15) is 11.8 Å². The minimum Gasteiger partial charge on any atom is -0.493 e. The quantitative estimate of drug-likeness (QED) is 0.551. The number of nitrogens with zero attached hydrogens (tertiary/aromatic N) is 3. The summed E-state index contributed by atoms with van der Waals surface area (Å²) in [6.45, 7) is 0.320. The number of aromatic hydroxyl groups is 1. The predicted molar refractivity (Wildman–Crippen MR) is 85.4 cm³/mol. The molecule has 0 saturated carbocycles. The number of rotatable bonds is 2. The third-order valence-electron chi connectivity index (χ3n) is 4.41. The van der Waals surface area contributed by atoms with Crippen molar-refractivity contribution in [2.45, 2.75) is 19.1 Å². The van der Waals surface area contributed by atoms with Crippen LogP contribution in [-0.4, -0.2) is 24.3 Å². The minimum atomic E-state index is -0.900. The number of hydrogen-bond acceptors (Lipinski definition) is 5.